The fourth-order valence-corrected chi connectivity index (χ4v) is 17.2. The topological polar surface area (TPSA) is 6.48 Å². The molecule has 5 fully saturated rings. The number of rotatable bonds is 6. The van der Waals surface area contributed by atoms with Gasteiger partial charge in [0, 0.05) is 0 Å². The third-order valence-electron chi connectivity index (χ3n) is 13.6. The summed E-state index contributed by atoms with van der Waals surface area (Å²) >= 11 is 3.02. The number of fused-ring (bicyclic) bond motifs is 1. The Bertz CT molecular complexity index is 1680. The van der Waals surface area contributed by atoms with Crippen molar-refractivity contribution < 1.29 is 42.7 Å². The molecule has 3 aromatic rings. The fourth-order valence-electron chi connectivity index (χ4n) is 11.6. The maximum absolute atomic E-state index is 3.02. The Labute approximate surface area is 365 Å². The normalized spacial score (nSPS) is 23.0. The van der Waals surface area contributed by atoms with Crippen LogP contribution < -0.4 is 34.6 Å². The molecule has 0 bridgehead atoms. The summed E-state index contributed by atoms with van der Waals surface area (Å²) in [4.78, 5) is 5.31. The molecule has 5 aliphatic rings. The first-order valence-corrected chi connectivity index (χ1v) is 24.4. The van der Waals surface area contributed by atoms with Gasteiger partial charge in [0.15, 0.2) is 0 Å². The van der Waals surface area contributed by atoms with Crippen LogP contribution in [0.15, 0.2) is 60.2 Å². The average Bonchev–Trinajstić information content (AvgIpc) is 3.44. The molecule has 4 aliphatic carbocycles. The molecule has 4 saturated carbocycles. The van der Waals surface area contributed by atoms with Crippen molar-refractivity contribution in [3.8, 4) is 0 Å². The van der Waals surface area contributed by atoms with Crippen molar-refractivity contribution in [3.63, 3.8) is 0 Å². The molecule has 306 valence electrons. The van der Waals surface area contributed by atoms with Crippen LogP contribution in [0.3, 0.4) is 0 Å². The van der Waals surface area contributed by atoms with E-state index in [9.17, 15) is 0 Å². The molecule has 1 heterocycles. The van der Waals surface area contributed by atoms with Crippen molar-refractivity contribution in [1.82, 2.24) is 0 Å². The van der Waals surface area contributed by atoms with Crippen LogP contribution in [0.2, 0.25) is 0 Å². The Hall–Kier alpha value is -1.50. The Balaban J connectivity index is 0.000000242. The Morgan fingerprint density at radius 2 is 0.946 bits per heavy atom. The minimum atomic E-state index is 0. The summed E-state index contributed by atoms with van der Waals surface area (Å²) in [5, 5.41) is 0. The third-order valence-corrected chi connectivity index (χ3v) is 18.5. The van der Waals surface area contributed by atoms with Gasteiger partial charge >= 0.3 is 221 Å². The smallest absolute Gasteiger partial charge is 1.00 e. The number of nitrogens with zero attached hydrogens (tertiary/aromatic N) is 2. The van der Waals surface area contributed by atoms with Crippen molar-refractivity contribution in [2.75, 3.05) is 9.80 Å². The van der Waals surface area contributed by atoms with Gasteiger partial charge < -0.3 is 24.8 Å². The van der Waals surface area contributed by atoms with Crippen molar-refractivity contribution >= 4 is 29.7 Å². The third kappa shape index (κ3) is 10.3. The fraction of sp³-hybridized carbons (Fsp3) is 0.580. The van der Waals surface area contributed by atoms with Gasteiger partial charge in [0.05, 0.1) is 0 Å². The minimum Gasteiger partial charge on any atom is -1.00 e. The molecule has 0 aromatic heterocycles. The molecule has 2 unspecified atom stereocenters. The molecule has 0 amide bonds. The van der Waals surface area contributed by atoms with Crippen LogP contribution in [0.5, 0.6) is 0 Å². The van der Waals surface area contributed by atoms with Crippen LogP contribution in [0.25, 0.3) is 6.08 Å². The molecule has 8 rings (SSSR count). The van der Waals surface area contributed by atoms with E-state index in [0.717, 1.165) is 6.42 Å². The van der Waals surface area contributed by atoms with E-state index in [-0.39, 0.29) is 24.8 Å². The molecule has 0 N–H and O–H groups in total. The number of anilines is 2. The van der Waals surface area contributed by atoms with E-state index in [1.807, 2.05) is 0 Å². The van der Waals surface area contributed by atoms with Crippen LogP contribution in [0, 0.1) is 41.5 Å². The summed E-state index contributed by atoms with van der Waals surface area (Å²) in [6, 6.07) is 20.9. The molecule has 3 aromatic carbocycles. The summed E-state index contributed by atoms with van der Waals surface area (Å²) in [6.45, 7) is 13.5. The predicted octanol–water partition coefficient (Wildman–Crippen LogP) is 7.98. The first-order chi connectivity index (χ1) is 26.2. The number of aryl methyl sites for hydroxylation is 6. The largest absolute Gasteiger partial charge is 1.00 e. The first-order valence-electron chi connectivity index (χ1n) is 22.0. The molecule has 56 heavy (non-hydrogen) atoms. The maximum atomic E-state index is 3.02. The van der Waals surface area contributed by atoms with E-state index in [0.29, 0.717) is 20.0 Å². The van der Waals surface area contributed by atoms with Gasteiger partial charge in [-0.05, 0) is 55.5 Å². The molecule has 0 spiro atoms. The summed E-state index contributed by atoms with van der Waals surface area (Å²) < 4.78 is 1.28. The van der Waals surface area contributed by atoms with Gasteiger partial charge in [-0.3, -0.25) is 0 Å². The molecule has 0 radical (unpaired) electrons. The summed E-state index contributed by atoms with van der Waals surface area (Å²) in [5.41, 5.74) is 17.3. The van der Waals surface area contributed by atoms with Gasteiger partial charge in [-0.25, -0.2) is 0 Å². The van der Waals surface area contributed by atoms with Crippen molar-refractivity contribution in [3.05, 3.63) is 99.1 Å². The van der Waals surface area contributed by atoms with Crippen molar-refractivity contribution in [1.29, 1.82) is 0 Å². The Kier molecular flexibility index (Phi) is 17.2. The monoisotopic (exact) mass is 900 g/mol. The van der Waals surface area contributed by atoms with Crippen LogP contribution in [0.4, 0.5) is 11.4 Å². The van der Waals surface area contributed by atoms with Gasteiger partial charge in [-0.1, -0.05) is 65.7 Å². The molecule has 6 heteroatoms. The van der Waals surface area contributed by atoms with Crippen LogP contribution in [-0.2, 0) is 17.9 Å². The molecule has 2 nitrogen and oxygen atoms in total. The van der Waals surface area contributed by atoms with Gasteiger partial charge in [0.1, 0.15) is 0 Å². The average molecular weight is 901 g/mol. The second kappa shape index (κ2) is 21.2. The summed E-state index contributed by atoms with van der Waals surface area (Å²) in [5.74, 6) is 0. The van der Waals surface area contributed by atoms with Gasteiger partial charge in [0.25, 0.3) is 0 Å². The molecular weight excluding hydrogens is 832 g/mol. The number of halogens is 2. The second-order valence-electron chi connectivity index (χ2n) is 17.8. The predicted molar refractivity (Wildman–Crippen MR) is 235 cm³/mol. The van der Waals surface area contributed by atoms with Crippen LogP contribution in [0.1, 0.15) is 155 Å². The van der Waals surface area contributed by atoms with Crippen LogP contribution >= 0.6 is 7.92 Å². The molecular formula is C50H69Cl2N2PRu. The van der Waals surface area contributed by atoms with Crippen molar-refractivity contribution in [2.45, 2.75) is 186 Å². The van der Waals surface area contributed by atoms with Gasteiger partial charge in [-0.2, -0.15) is 0 Å². The molecule has 1 aliphatic heterocycles. The standard InChI is InChI=1S/C32H36N2.C18H33P.2ClH.Ru/c1-21-15-23(3)30(24(4)16-21)33-20-34(31-25(5)17-22(2)18-26(31)6)32-28(13-10-14-29(32)33)19-27-11-8-7-9-12-27;1-4-10-16(11-5-1)19(17-12-6-2-7-13-17)18-14-8-3-9-15-18;;;/h7-9,11-12,15-19,29,32H,10,13-14H2,1-6H3;16-18H,1-15H2;2*1H;/q;;;;+2/p-2. The van der Waals surface area contributed by atoms with Gasteiger partial charge in [0.2, 0.25) is 0 Å². The zero-order chi connectivity index (χ0) is 37.8. The van der Waals surface area contributed by atoms with Gasteiger partial charge in [-0.15, -0.1) is 0 Å². The zero-order valence-electron chi connectivity index (χ0n) is 35.3. The van der Waals surface area contributed by atoms with E-state index in [1.54, 1.807) is 82.6 Å². The number of benzene rings is 3. The number of hydrogen-bond donors (Lipinski definition) is 0. The Morgan fingerprint density at radius 3 is 1.38 bits per heavy atom. The number of hydrogen-bond acceptors (Lipinski definition) is 2. The second-order valence-corrected chi connectivity index (χ2v) is 21.7. The SMILES string of the molecule is C1CCC(P(C2CCCCC2)C2CCCCC2)CC1.Cc1cc(C)c(N2[C](=[Ru+2])N(c3c(C)cc(C)cc3C)C3C(=Cc4ccccc4)CCCC32)c(C)c1.[Cl-].[Cl-]. The zero-order valence-corrected chi connectivity index (χ0v) is 39.5. The van der Waals surface area contributed by atoms with E-state index < -0.39 is 0 Å². The Morgan fingerprint density at radius 1 is 0.536 bits per heavy atom. The van der Waals surface area contributed by atoms with Crippen LogP contribution in [-0.4, -0.2) is 33.4 Å². The molecule has 1 saturated heterocycles. The maximum Gasteiger partial charge on any atom is -1.00 e. The van der Waals surface area contributed by atoms with Crippen molar-refractivity contribution in [2.24, 2.45) is 0 Å². The molecule has 2 atom stereocenters. The van der Waals surface area contributed by atoms with E-state index >= 15 is 0 Å². The summed E-state index contributed by atoms with van der Waals surface area (Å²) in [7, 11) is 0.385. The van der Waals surface area contributed by atoms with E-state index in [1.165, 1.54) is 104 Å². The quantitative estimate of drug-likeness (QED) is 0.183. The summed E-state index contributed by atoms with van der Waals surface area (Å²) in [6.07, 6.45) is 29.6. The first kappa shape index (κ1) is 45.6. The minimum absolute atomic E-state index is 0. The van der Waals surface area contributed by atoms with E-state index in [2.05, 4.69) is 130 Å². The van der Waals surface area contributed by atoms with E-state index in [4.69, 9.17) is 0 Å².